The van der Waals surface area contributed by atoms with Gasteiger partial charge in [-0.25, -0.2) is 0 Å². The molecule has 4 atom stereocenters. The third-order valence-corrected chi connectivity index (χ3v) is 4.93. The van der Waals surface area contributed by atoms with E-state index in [1.807, 2.05) is 25.3 Å². The second kappa shape index (κ2) is 5.39. The second-order valence-corrected chi connectivity index (χ2v) is 6.18. The molecule has 114 valence electrons. The summed E-state index contributed by atoms with van der Waals surface area (Å²) in [5.41, 5.74) is -0.947. The van der Waals surface area contributed by atoms with Gasteiger partial charge in [-0.15, -0.1) is 0 Å². The van der Waals surface area contributed by atoms with Gasteiger partial charge in [-0.05, 0) is 23.8 Å². The van der Waals surface area contributed by atoms with E-state index >= 15 is 0 Å². The number of furan rings is 1. The van der Waals surface area contributed by atoms with Crippen molar-refractivity contribution < 1.29 is 9.32 Å². The number of hydrogen-bond acceptors (Lipinski definition) is 5. The van der Waals surface area contributed by atoms with Crippen molar-refractivity contribution in [1.29, 1.82) is 21.2 Å². The fourth-order valence-corrected chi connectivity index (χ4v) is 3.83. The van der Waals surface area contributed by atoms with Gasteiger partial charge in [-0.3, -0.25) is 0 Å². The maximum atomic E-state index is 9.76. The van der Waals surface area contributed by atoms with E-state index in [2.05, 4.69) is 6.07 Å². The molecule has 3 rings (SSSR count). The van der Waals surface area contributed by atoms with Crippen LogP contribution in [0.25, 0.3) is 0 Å². The lowest BCUT2D eigenvalue weighted by atomic mass is 9.55. The van der Waals surface area contributed by atoms with Crippen molar-refractivity contribution in [1.82, 2.24) is 0 Å². The Morgan fingerprint density at radius 1 is 1.35 bits per heavy atom. The monoisotopic (exact) mass is 306 g/mol. The standard InChI is InChI=1S/C17H15N5O/c1-22-5-4-11-12(7-18)16(21)17(9-19,10-20)15(13(11)8-22)14-3-2-6-23-14/h2-4,6,12-13,15,21H,5,8H2,1H3/p+1/t12?,13-,15-/m1/s1. The van der Waals surface area contributed by atoms with Crippen molar-refractivity contribution in [3.8, 4) is 18.2 Å². The van der Waals surface area contributed by atoms with Gasteiger partial charge >= 0.3 is 0 Å². The molecule has 1 aliphatic carbocycles. The number of nitriles is 3. The number of nitrogens with one attached hydrogen (secondary N) is 2. The molecule has 0 aromatic carbocycles. The molecule has 0 bridgehead atoms. The highest BCUT2D eigenvalue weighted by Gasteiger charge is 2.59. The van der Waals surface area contributed by atoms with Gasteiger partial charge in [0, 0.05) is 5.92 Å². The first-order valence-electron chi connectivity index (χ1n) is 7.44. The summed E-state index contributed by atoms with van der Waals surface area (Å²) in [7, 11) is 2.04. The first-order valence-corrected chi connectivity index (χ1v) is 7.44. The number of quaternary nitrogens is 1. The van der Waals surface area contributed by atoms with Crippen LogP contribution in [-0.4, -0.2) is 25.8 Å². The molecule has 0 radical (unpaired) electrons. The third-order valence-electron chi connectivity index (χ3n) is 4.93. The molecule has 1 aromatic heterocycles. The molecule has 0 spiro atoms. The molecule has 2 N–H and O–H groups in total. The van der Waals surface area contributed by atoms with E-state index in [4.69, 9.17) is 9.83 Å². The lowest BCUT2D eigenvalue weighted by Crippen LogP contribution is -3.10. The molecule has 1 aromatic rings. The summed E-state index contributed by atoms with van der Waals surface area (Å²) in [6.07, 6.45) is 3.50. The van der Waals surface area contributed by atoms with Gasteiger partial charge in [0.05, 0.1) is 56.2 Å². The molecule has 0 saturated heterocycles. The van der Waals surface area contributed by atoms with Crippen molar-refractivity contribution in [3.63, 3.8) is 0 Å². The van der Waals surface area contributed by atoms with Crippen LogP contribution >= 0.6 is 0 Å². The molecule has 2 unspecified atom stereocenters. The SMILES string of the molecule is C[NH+]1CC=C2C(C#N)C(=N)C(C#N)(C#N)[C@@H](c3ccco3)[C@@H]2C1. The van der Waals surface area contributed by atoms with Gasteiger partial charge in [0.1, 0.15) is 11.7 Å². The van der Waals surface area contributed by atoms with Gasteiger partial charge in [-0.2, -0.15) is 15.8 Å². The summed E-state index contributed by atoms with van der Waals surface area (Å²) in [4.78, 5) is 1.24. The average Bonchev–Trinajstić information content (AvgIpc) is 3.08. The van der Waals surface area contributed by atoms with Gasteiger partial charge in [0.15, 0.2) is 5.41 Å². The van der Waals surface area contributed by atoms with Crippen LogP contribution in [-0.2, 0) is 0 Å². The predicted octanol–water partition coefficient (Wildman–Crippen LogP) is 0.641. The third kappa shape index (κ3) is 1.99. The molecule has 1 fully saturated rings. The van der Waals surface area contributed by atoms with Crippen LogP contribution in [0.4, 0.5) is 0 Å². The van der Waals surface area contributed by atoms with Crippen molar-refractivity contribution in [2.24, 2.45) is 17.3 Å². The van der Waals surface area contributed by atoms with E-state index in [1.54, 1.807) is 12.1 Å². The summed E-state index contributed by atoms with van der Waals surface area (Å²) in [6, 6.07) is 9.66. The van der Waals surface area contributed by atoms with Crippen molar-refractivity contribution in [2.45, 2.75) is 5.92 Å². The van der Waals surface area contributed by atoms with Crippen LogP contribution < -0.4 is 4.90 Å². The Bertz CT molecular complexity index is 772. The van der Waals surface area contributed by atoms with Crippen LogP contribution in [0, 0.1) is 56.7 Å². The minimum atomic E-state index is -1.67. The maximum Gasteiger partial charge on any atom is 0.192 e. The Labute approximate surface area is 134 Å². The van der Waals surface area contributed by atoms with Crippen molar-refractivity contribution in [2.75, 3.05) is 20.1 Å². The Kier molecular flexibility index (Phi) is 3.52. The number of hydrogen-bond donors (Lipinski definition) is 2. The summed E-state index contributed by atoms with van der Waals surface area (Å²) < 4.78 is 5.52. The van der Waals surface area contributed by atoms with E-state index in [0.717, 1.165) is 12.1 Å². The van der Waals surface area contributed by atoms with Crippen LogP contribution in [0.3, 0.4) is 0 Å². The normalized spacial score (nSPS) is 31.9. The molecule has 1 aliphatic heterocycles. The summed E-state index contributed by atoms with van der Waals surface area (Å²) in [6.45, 7) is 1.47. The fourth-order valence-electron chi connectivity index (χ4n) is 3.83. The molecular formula is C17H16N5O+. The van der Waals surface area contributed by atoms with E-state index in [1.165, 1.54) is 11.2 Å². The highest BCUT2D eigenvalue weighted by atomic mass is 16.3. The van der Waals surface area contributed by atoms with Gasteiger partial charge in [0.2, 0.25) is 0 Å². The minimum Gasteiger partial charge on any atom is -0.469 e. The second-order valence-electron chi connectivity index (χ2n) is 6.18. The van der Waals surface area contributed by atoms with Gasteiger partial charge in [-0.1, -0.05) is 0 Å². The smallest absolute Gasteiger partial charge is 0.192 e. The van der Waals surface area contributed by atoms with Crippen LogP contribution in [0.15, 0.2) is 34.5 Å². The van der Waals surface area contributed by atoms with Gasteiger partial charge < -0.3 is 14.7 Å². The largest absolute Gasteiger partial charge is 0.469 e. The van der Waals surface area contributed by atoms with Crippen molar-refractivity contribution >= 4 is 5.71 Å². The number of fused-ring (bicyclic) bond motifs is 1. The van der Waals surface area contributed by atoms with E-state index in [0.29, 0.717) is 12.3 Å². The fraction of sp³-hybridized carbons (Fsp3) is 0.412. The number of likely N-dealkylation sites (N-methyl/N-ethyl adjacent to an activating group) is 1. The average molecular weight is 306 g/mol. The molecule has 6 nitrogen and oxygen atoms in total. The summed E-state index contributed by atoms with van der Waals surface area (Å²) in [5.74, 6) is -1.00. The number of rotatable bonds is 1. The van der Waals surface area contributed by atoms with Crippen molar-refractivity contribution in [3.05, 3.63) is 35.8 Å². The first-order chi connectivity index (χ1) is 11.1. The number of nitrogens with zero attached hydrogens (tertiary/aromatic N) is 3. The lowest BCUT2D eigenvalue weighted by molar-refractivity contribution is -0.879. The first kappa shape index (κ1) is 15.0. The maximum absolute atomic E-state index is 9.76. The zero-order valence-corrected chi connectivity index (χ0v) is 12.7. The molecule has 23 heavy (non-hydrogen) atoms. The quantitative estimate of drug-likeness (QED) is 0.741. The molecule has 0 amide bonds. The molecule has 6 heteroatoms. The minimum absolute atomic E-state index is 0.131. The molecule has 1 saturated carbocycles. The Morgan fingerprint density at radius 3 is 2.65 bits per heavy atom. The van der Waals surface area contributed by atoms with Gasteiger partial charge in [0.25, 0.3) is 0 Å². The summed E-state index contributed by atoms with van der Waals surface area (Å²) in [5, 5.41) is 37.4. The van der Waals surface area contributed by atoms with Crippen LogP contribution in [0.1, 0.15) is 11.7 Å². The molecule has 2 heterocycles. The van der Waals surface area contributed by atoms with Crippen LogP contribution in [0.2, 0.25) is 0 Å². The van der Waals surface area contributed by atoms with E-state index < -0.39 is 17.3 Å². The Hall–Kier alpha value is -2.88. The zero-order chi connectivity index (χ0) is 16.6. The lowest BCUT2D eigenvalue weighted by Gasteiger charge is -2.44. The topological polar surface area (TPSA) is 113 Å². The highest BCUT2D eigenvalue weighted by molar-refractivity contribution is 6.00. The van der Waals surface area contributed by atoms with E-state index in [-0.39, 0.29) is 11.6 Å². The Morgan fingerprint density at radius 2 is 2.09 bits per heavy atom. The molecular weight excluding hydrogens is 290 g/mol. The molecule has 2 aliphatic rings. The van der Waals surface area contributed by atoms with Crippen LogP contribution in [0.5, 0.6) is 0 Å². The summed E-state index contributed by atoms with van der Waals surface area (Å²) >= 11 is 0. The highest BCUT2D eigenvalue weighted by Crippen LogP contribution is 2.52. The predicted molar refractivity (Wildman–Crippen MR) is 80.1 cm³/mol. The Balaban J connectivity index is 2.25. The van der Waals surface area contributed by atoms with E-state index in [9.17, 15) is 15.8 Å². The zero-order valence-electron chi connectivity index (χ0n) is 12.7.